The highest BCUT2D eigenvalue weighted by Gasteiger charge is 2.69. The molecule has 8 nitrogen and oxygen atoms in total. The molecular formula is C14H20ClNO7S. The van der Waals surface area contributed by atoms with E-state index in [1.807, 2.05) is 0 Å². The van der Waals surface area contributed by atoms with Gasteiger partial charge in [0.2, 0.25) is 12.7 Å². The molecule has 2 rings (SSSR count). The van der Waals surface area contributed by atoms with Crippen molar-refractivity contribution in [2.45, 2.75) is 50.3 Å². The first-order valence-electron chi connectivity index (χ1n) is 7.32. The first kappa shape index (κ1) is 19.0. The molecule has 0 spiro atoms. The van der Waals surface area contributed by atoms with Crippen LogP contribution in [0.3, 0.4) is 0 Å². The first-order valence-corrected chi connectivity index (χ1v) is 9.40. The summed E-state index contributed by atoms with van der Waals surface area (Å²) in [6.45, 7) is 5.56. The average molecular weight is 382 g/mol. The van der Waals surface area contributed by atoms with Gasteiger partial charge in [-0.15, -0.1) is 11.6 Å². The second-order valence-electron chi connectivity index (χ2n) is 7.12. The second-order valence-corrected chi connectivity index (χ2v) is 9.95. The van der Waals surface area contributed by atoms with Crippen LogP contribution in [0, 0.1) is 5.41 Å². The molecule has 2 aliphatic rings. The number of hydrogen-bond acceptors (Lipinski definition) is 7. The maximum atomic E-state index is 12.5. The second kappa shape index (κ2) is 5.87. The van der Waals surface area contributed by atoms with Crippen molar-refractivity contribution < 1.29 is 32.3 Å². The number of carbonyl (C=O) groups is 3. The van der Waals surface area contributed by atoms with Crippen LogP contribution in [-0.4, -0.2) is 60.0 Å². The topological polar surface area (TPSA) is 107 Å². The fourth-order valence-electron chi connectivity index (χ4n) is 2.68. The van der Waals surface area contributed by atoms with E-state index in [0.717, 1.165) is 4.90 Å². The Hall–Kier alpha value is -1.35. The number of alkyl halides is 1. The molecule has 2 saturated heterocycles. The van der Waals surface area contributed by atoms with Crippen LogP contribution < -0.4 is 0 Å². The molecule has 1 amide bonds. The Kier molecular flexibility index (Phi) is 4.64. The van der Waals surface area contributed by atoms with E-state index in [2.05, 4.69) is 0 Å². The summed E-state index contributed by atoms with van der Waals surface area (Å²) in [7, 11) is -3.80. The van der Waals surface area contributed by atoms with Crippen LogP contribution in [0.1, 0.15) is 34.1 Å². The van der Waals surface area contributed by atoms with Crippen LogP contribution in [0.25, 0.3) is 0 Å². The molecule has 2 heterocycles. The van der Waals surface area contributed by atoms with Crippen molar-refractivity contribution in [3.05, 3.63) is 0 Å². The molecule has 0 saturated carbocycles. The van der Waals surface area contributed by atoms with Crippen molar-refractivity contribution >= 4 is 39.3 Å². The van der Waals surface area contributed by atoms with E-state index in [-0.39, 0.29) is 12.3 Å². The number of esters is 2. The van der Waals surface area contributed by atoms with E-state index in [1.165, 1.54) is 6.92 Å². The molecule has 0 aromatic carbocycles. The van der Waals surface area contributed by atoms with Crippen LogP contribution in [-0.2, 0) is 33.7 Å². The maximum Gasteiger partial charge on any atom is 0.333 e. The number of halogens is 1. The summed E-state index contributed by atoms with van der Waals surface area (Å²) in [4.78, 5) is 36.7. The predicted octanol–water partition coefficient (Wildman–Crippen LogP) is 0.429. The molecule has 10 heteroatoms. The maximum absolute atomic E-state index is 12.5. The highest BCUT2D eigenvalue weighted by Crippen LogP contribution is 2.46. The molecule has 3 atom stereocenters. The van der Waals surface area contributed by atoms with Gasteiger partial charge >= 0.3 is 11.9 Å². The number of fused-ring (bicyclic) bond motifs is 1. The molecule has 0 bridgehead atoms. The minimum absolute atomic E-state index is 0.169. The zero-order chi connectivity index (χ0) is 18.5. The summed E-state index contributed by atoms with van der Waals surface area (Å²) < 4.78 is 33.1. The SMILES string of the molecule is CC(C)(C)C(=O)OCOC(=O)C1N2C(=O)C[C@@H]2S(=O)(=O)[C@@]1(C)CCl. The molecule has 0 aromatic rings. The predicted molar refractivity (Wildman–Crippen MR) is 83.6 cm³/mol. The van der Waals surface area contributed by atoms with Gasteiger partial charge in [-0.1, -0.05) is 0 Å². The van der Waals surface area contributed by atoms with E-state index in [1.54, 1.807) is 20.8 Å². The first-order chi connectivity index (χ1) is 10.9. The Morgan fingerprint density at radius 3 is 2.38 bits per heavy atom. The number of nitrogens with zero attached hydrogens (tertiary/aromatic N) is 1. The number of carbonyl (C=O) groups excluding carboxylic acids is 3. The van der Waals surface area contributed by atoms with Gasteiger partial charge in [-0.25, -0.2) is 13.2 Å². The quantitative estimate of drug-likeness (QED) is 0.301. The summed E-state index contributed by atoms with van der Waals surface area (Å²) >= 11 is 5.81. The Morgan fingerprint density at radius 2 is 1.92 bits per heavy atom. The fourth-order valence-corrected chi connectivity index (χ4v) is 5.48. The Bertz CT molecular complexity index is 684. The van der Waals surface area contributed by atoms with Gasteiger partial charge in [0.15, 0.2) is 15.9 Å². The highest BCUT2D eigenvalue weighted by atomic mass is 35.5. The van der Waals surface area contributed by atoms with Crippen molar-refractivity contribution in [2.75, 3.05) is 12.7 Å². The van der Waals surface area contributed by atoms with Gasteiger partial charge in [-0.2, -0.15) is 0 Å². The zero-order valence-corrected chi connectivity index (χ0v) is 15.4. The Morgan fingerprint density at radius 1 is 1.33 bits per heavy atom. The van der Waals surface area contributed by atoms with Gasteiger partial charge < -0.3 is 14.4 Å². The van der Waals surface area contributed by atoms with Crippen LogP contribution in [0.4, 0.5) is 0 Å². The van der Waals surface area contributed by atoms with E-state index < -0.39 is 56.1 Å². The fraction of sp³-hybridized carbons (Fsp3) is 0.786. The monoisotopic (exact) mass is 381 g/mol. The van der Waals surface area contributed by atoms with Gasteiger partial charge in [0.1, 0.15) is 10.1 Å². The van der Waals surface area contributed by atoms with Gasteiger partial charge in [-0.3, -0.25) is 9.59 Å². The Labute approximate surface area is 145 Å². The molecule has 0 N–H and O–H groups in total. The Balaban J connectivity index is 2.13. The summed E-state index contributed by atoms with van der Waals surface area (Å²) in [5, 5.41) is -1.05. The van der Waals surface area contributed by atoms with Gasteiger partial charge in [0.25, 0.3) is 0 Å². The molecule has 0 radical (unpaired) electrons. The summed E-state index contributed by atoms with van der Waals surface area (Å²) in [6.07, 6.45) is -0.169. The summed E-state index contributed by atoms with van der Waals surface area (Å²) in [5.74, 6) is -2.35. The lowest BCUT2D eigenvalue weighted by Gasteiger charge is -2.36. The normalized spacial score (nSPS) is 31.2. The number of hydrogen-bond donors (Lipinski definition) is 0. The van der Waals surface area contributed by atoms with E-state index in [0.29, 0.717) is 0 Å². The van der Waals surface area contributed by atoms with Gasteiger partial charge in [0.05, 0.1) is 11.8 Å². The molecule has 2 aliphatic heterocycles. The lowest BCUT2D eigenvalue weighted by molar-refractivity contribution is -0.179. The number of amides is 1. The molecular weight excluding hydrogens is 362 g/mol. The third-order valence-corrected chi connectivity index (χ3v) is 7.80. The molecule has 2 fully saturated rings. The van der Waals surface area contributed by atoms with E-state index in [4.69, 9.17) is 21.1 Å². The minimum atomic E-state index is -3.80. The van der Waals surface area contributed by atoms with Crippen molar-refractivity contribution in [1.82, 2.24) is 4.90 Å². The average Bonchev–Trinajstić information content (AvgIpc) is 2.60. The smallest absolute Gasteiger partial charge is 0.333 e. The third-order valence-electron chi connectivity index (χ3n) is 4.30. The van der Waals surface area contributed by atoms with Crippen molar-refractivity contribution in [2.24, 2.45) is 5.41 Å². The van der Waals surface area contributed by atoms with Crippen molar-refractivity contribution in [3.8, 4) is 0 Å². The lowest BCUT2D eigenvalue weighted by Crippen LogP contribution is -2.58. The van der Waals surface area contributed by atoms with Crippen LogP contribution >= 0.6 is 11.6 Å². The minimum Gasteiger partial charge on any atom is -0.427 e. The lowest BCUT2D eigenvalue weighted by atomic mass is 9.97. The van der Waals surface area contributed by atoms with Crippen LogP contribution in [0.5, 0.6) is 0 Å². The molecule has 0 aromatic heterocycles. The molecule has 0 aliphatic carbocycles. The standard InChI is InChI=1S/C14H20ClNO7S/c1-13(2,3)12(19)23-7-22-11(18)10-14(4,6-15)24(20,21)9-5-8(17)16(9)10/h9-10H,5-7H2,1-4H3/t9-,10?,14-/m0/s1. The number of ether oxygens (including phenoxy) is 2. The summed E-state index contributed by atoms with van der Waals surface area (Å²) in [6, 6.07) is -1.35. The van der Waals surface area contributed by atoms with Crippen molar-refractivity contribution in [3.63, 3.8) is 0 Å². The number of sulfone groups is 1. The van der Waals surface area contributed by atoms with Crippen molar-refractivity contribution in [1.29, 1.82) is 0 Å². The summed E-state index contributed by atoms with van der Waals surface area (Å²) in [5.41, 5.74) is -0.772. The zero-order valence-electron chi connectivity index (χ0n) is 13.9. The molecule has 24 heavy (non-hydrogen) atoms. The largest absolute Gasteiger partial charge is 0.427 e. The van der Waals surface area contributed by atoms with E-state index >= 15 is 0 Å². The number of β-lactam (4-membered cyclic amide) rings is 1. The highest BCUT2D eigenvalue weighted by molar-refractivity contribution is 7.94. The van der Waals surface area contributed by atoms with Gasteiger partial charge in [0, 0.05) is 5.88 Å². The van der Waals surface area contributed by atoms with E-state index in [9.17, 15) is 22.8 Å². The third kappa shape index (κ3) is 2.67. The molecule has 136 valence electrons. The van der Waals surface area contributed by atoms with Crippen LogP contribution in [0.2, 0.25) is 0 Å². The number of rotatable bonds is 4. The van der Waals surface area contributed by atoms with Crippen LogP contribution in [0.15, 0.2) is 0 Å². The molecule has 1 unspecified atom stereocenters. The van der Waals surface area contributed by atoms with Gasteiger partial charge in [-0.05, 0) is 27.7 Å².